The van der Waals surface area contributed by atoms with Gasteiger partial charge in [-0.05, 0) is 26.0 Å². The third kappa shape index (κ3) is 4.94. The summed E-state index contributed by atoms with van der Waals surface area (Å²) in [4.78, 5) is 11.6. The van der Waals surface area contributed by atoms with Gasteiger partial charge < -0.3 is 15.8 Å². The molecule has 0 aliphatic carbocycles. The van der Waals surface area contributed by atoms with Crippen LogP contribution < -0.4 is 15.8 Å². The zero-order valence-electron chi connectivity index (χ0n) is 10.7. The summed E-state index contributed by atoms with van der Waals surface area (Å²) in [6.07, 6.45) is 0.272. The van der Waals surface area contributed by atoms with Gasteiger partial charge in [-0.3, -0.25) is 4.79 Å². The number of hydrogen-bond acceptors (Lipinski definition) is 3. The van der Waals surface area contributed by atoms with Crippen molar-refractivity contribution in [3.05, 3.63) is 29.3 Å². The first kappa shape index (κ1) is 14.8. The quantitative estimate of drug-likeness (QED) is 0.831. The molecule has 0 aliphatic heterocycles. The molecule has 0 aromatic heterocycles. The first-order chi connectivity index (χ1) is 8.44. The average Bonchev–Trinajstić information content (AvgIpc) is 2.31. The Kier molecular flexibility index (Phi) is 5.44. The largest absolute Gasteiger partial charge is 0.491 e. The molecule has 1 aromatic rings. The van der Waals surface area contributed by atoms with E-state index < -0.39 is 0 Å². The molecule has 0 unspecified atom stereocenters. The summed E-state index contributed by atoms with van der Waals surface area (Å²) in [6.45, 7) is 4.43. The minimum atomic E-state index is -0.387. The molecular weight excluding hydrogens is 252 g/mol. The fourth-order valence-electron chi connectivity index (χ4n) is 1.31. The number of nitrogens with one attached hydrogen (secondary N) is 1. The van der Waals surface area contributed by atoms with Gasteiger partial charge in [0.15, 0.2) is 0 Å². The van der Waals surface area contributed by atoms with Gasteiger partial charge in [-0.15, -0.1) is 0 Å². The van der Waals surface area contributed by atoms with Crippen LogP contribution in [0.3, 0.4) is 0 Å². The number of nitrogens with two attached hydrogens (primary N) is 1. The van der Waals surface area contributed by atoms with Gasteiger partial charge in [-0.2, -0.15) is 0 Å². The Hall–Kier alpha value is -1.26. The predicted molar refractivity (Wildman–Crippen MR) is 72.8 cm³/mol. The number of ether oxygens (including phenoxy) is 1. The van der Waals surface area contributed by atoms with Crippen LogP contribution in [0.15, 0.2) is 24.3 Å². The van der Waals surface area contributed by atoms with Crippen LogP contribution in [0.4, 0.5) is 0 Å². The van der Waals surface area contributed by atoms with E-state index in [1.807, 2.05) is 26.0 Å². The van der Waals surface area contributed by atoms with Crippen LogP contribution in [0.2, 0.25) is 5.02 Å². The second-order valence-electron chi connectivity index (χ2n) is 4.67. The molecule has 0 saturated carbocycles. The molecule has 18 heavy (non-hydrogen) atoms. The van der Waals surface area contributed by atoms with Gasteiger partial charge >= 0.3 is 0 Å². The molecule has 1 rings (SSSR count). The summed E-state index contributed by atoms with van der Waals surface area (Å²) in [5.74, 6) is 0.502. The van der Waals surface area contributed by atoms with Crippen LogP contribution >= 0.6 is 11.6 Å². The molecule has 0 atom stereocenters. The van der Waals surface area contributed by atoms with Gasteiger partial charge in [0.1, 0.15) is 5.75 Å². The third-order valence-electron chi connectivity index (χ3n) is 2.41. The molecule has 1 aromatic carbocycles. The minimum Gasteiger partial charge on any atom is -0.491 e. The summed E-state index contributed by atoms with van der Waals surface area (Å²) in [5.41, 5.74) is 5.14. The maximum absolute atomic E-state index is 11.6. The van der Waals surface area contributed by atoms with Crippen LogP contribution in [-0.2, 0) is 4.79 Å². The van der Waals surface area contributed by atoms with Crippen LogP contribution in [0.25, 0.3) is 0 Å². The monoisotopic (exact) mass is 270 g/mol. The average molecular weight is 271 g/mol. The van der Waals surface area contributed by atoms with Crippen LogP contribution in [-0.4, -0.2) is 24.6 Å². The molecule has 0 fully saturated rings. The van der Waals surface area contributed by atoms with Crippen molar-refractivity contribution in [2.45, 2.75) is 25.8 Å². The second kappa shape index (κ2) is 6.61. The van der Waals surface area contributed by atoms with E-state index in [0.717, 1.165) is 0 Å². The van der Waals surface area contributed by atoms with E-state index in [0.29, 0.717) is 17.3 Å². The summed E-state index contributed by atoms with van der Waals surface area (Å²) < 4.78 is 5.43. The number of carbonyl (C=O) groups is 1. The maximum Gasteiger partial charge on any atom is 0.223 e. The first-order valence-electron chi connectivity index (χ1n) is 5.83. The summed E-state index contributed by atoms with van der Waals surface area (Å²) >= 11 is 5.93. The van der Waals surface area contributed by atoms with Crippen molar-refractivity contribution in [2.75, 3.05) is 13.2 Å². The molecule has 0 saturated heterocycles. The number of amides is 1. The number of rotatable bonds is 6. The molecule has 0 bridgehead atoms. The molecule has 4 nitrogen and oxygen atoms in total. The Morgan fingerprint density at radius 3 is 2.72 bits per heavy atom. The highest BCUT2D eigenvalue weighted by atomic mass is 35.5. The topological polar surface area (TPSA) is 64.3 Å². The number of benzene rings is 1. The van der Waals surface area contributed by atoms with Crippen molar-refractivity contribution in [3.63, 3.8) is 0 Å². The van der Waals surface area contributed by atoms with Gasteiger partial charge in [-0.25, -0.2) is 0 Å². The van der Waals surface area contributed by atoms with Crippen molar-refractivity contribution in [2.24, 2.45) is 5.73 Å². The van der Waals surface area contributed by atoms with Gasteiger partial charge in [0, 0.05) is 12.1 Å². The molecule has 5 heteroatoms. The lowest BCUT2D eigenvalue weighted by atomic mass is 10.1. The predicted octanol–water partition coefficient (Wildman–Crippen LogP) is 1.96. The molecule has 0 spiro atoms. The van der Waals surface area contributed by atoms with Gasteiger partial charge in [0.25, 0.3) is 0 Å². The highest BCUT2D eigenvalue weighted by Crippen LogP contribution is 2.23. The van der Waals surface area contributed by atoms with Gasteiger partial charge in [0.05, 0.1) is 18.1 Å². The zero-order chi connectivity index (χ0) is 13.6. The maximum atomic E-state index is 11.6. The lowest BCUT2D eigenvalue weighted by Crippen LogP contribution is -2.49. The summed E-state index contributed by atoms with van der Waals surface area (Å²) in [7, 11) is 0. The van der Waals surface area contributed by atoms with E-state index in [1.165, 1.54) is 0 Å². The van der Waals surface area contributed by atoms with E-state index in [9.17, 15) is 4.79 Å². The molecule has 3 N–H and O–H groups in total. The number of hydrogen-bond donors (Lipinski definition) is 2. The Bertz CT molecular complexity index is 408. The number of carbonyl (C=O) groups excluding carboxylic acids is 1. The zero-order valence-corrected chi connectivity index (χ0v) is 11.5. The molecule has 0 heterocycles. The fraction of sp³-hybridized carbons (Fsp3) is 0.462. The lowest BCUT2D eigenvalue weighted by molar-refractivity contribution is -0.123. The standard InChI is InChI=1S/C13H19ClN2O2/c1-13(2,9-15)16-12(17)7-8-18-11-6-4-3-5-10(11)14/h3-6H,7-9,15H2,1-2H3,(H,16,17). The lowest BCUT2D eigenvalue weighted by Gasteiger charge is -2.24. The van der Waals surface area contributed by atoms with Crippen molar-refractivity contribution in [1.29, 1.82) is 0 Å². The fourth-order valence-corrected chi connectivity index (χ4v) is 1.50. The SMILES string of the molecule is CC(C)(CN)NC(=O)CCOc1ccccc1Cl. The van der Waals surface area contributed by atoms with Crippen molar-refractivity contribution in [1.82, 2.24) is 5.32 Å². The molecule has 0 aliphatic rings. The van der Waals surface area contributed by atoms with E-state index in [1.54, 1.807) is 12.1 Å². The summed E-state index contributed by atoms with van der Waals surface area (Å²) in [5, 5.41) is 3.37. The van der Waals surface area contributed by atoms with E-state index in [4.69, 9.17) is 22.1 Å². The highest BCUT2D eigenvalue weighted by Gasteiger charge is 2.17. The first-order valence-corrected chi connectivity index (χ1v) is 6.21. The Morgan fingerprint density at radius 2 is 2.11 bits per heavy atom. The Labute approximate surface area is 112 Å². The van der Waals surface area contributed by atoms with E-state index >= 15 is 0 Å². The minimum absolute atomic E-state index is 0.0856. The van der Waals surface area contributed by atoms with Crippen molar-refractivity contribution in [3.8, 4) is 5.75 Å². The molecule has 1 amide bonds. The Balaban J connectivity index is 2.34. The number of halogens is 1. The van der Waals surface area contributed by atoms with Crippen molar-refractivity contribution < 1.29 is 9.53 Å². The smallest absolute Gasteiger partial charge is 0.223 e. The van der Waals surface area contributed by atoms with Gasteiger partial charge in [-0.1, -0.05) is 23.7 Å². The number of para-hydroxylation sites is 1. The van der Waals surface area contributed by atoms with E-state index in [2.05, 4.69) is 5.32 Å². The summed E-state index contributed by atoms with van der Waals surface area (Å²) in [6, 6.07) is 7.17. The van der Waals surface area contributed by atoms with E-state index in [-0.39, 0.29) is 24.5 Å². The van der Waals surface area contributed by atoms with Crippen molar-refractivity contribution >= 4 is 17.5 Å². The highest BCUT2D eigenvalue weighted by molar-refractivity contribution is 6.32. The second-order valence-corrected chi connectivity index (χ2v) is 5.07. The van der Waals surface area contributed by atoms with Crippen LogP contribution in [0.1, 0.15) is 20.3 Å². The van der Waals surface area contributed by atoms with Crippen LogP contribution in [0, 0.1) is 0 Å². The Morgan fingerprint density at radius 1 is 1.44 bits per heavy atom. The molecule has 0 radical (unpaired) electrons. The van der Waals surface area contributed by atoms with Crippen LogP contribution in [0.5, 0.6) is 5.75 Å². The molecular formula is C13H19ClN2O2. The third-order valence-corrected chi connectivity index (χ3v) is 2.72. The van der Waals surface area contributed by atoms with Gasteiger partial charge in [0.2, 0.25) is 5.91 Å². The normalized spacial score (nSPS) is 11.1. The molecule has 100 valence electrons.